The summed E-state index contributed by atoms with van der Waals surface area (Å²) in [5, 5.41) is 3.23. The van der Waals surface area contributed by atoms with Gasteiger partial charge >= 0.3 is 0 Å². The molecule has 0 unspecified atom stereocenters. The zero-order chi connectivity index (χ0) is 11.5. The Labute approximate surface area is 97.9 Å². The van der Waals surface area contributed by atoms with Crippen LogP contribution in [0.5, 0.6) is 0 Å². The first-order chi connectivity index (χ1) is 7.68. The molecule has 4 nitrogen and oxygen atoms in total. The van der Waals surface area contributed by atoms with Gasteiger partial charge < -0.3 is 9.88 Å². The number of rotatable bonds is 2. The molecule has 2 rings (SSSR count). The molecule has 16 heavy (non-hydrogen) atoms. The number of benzene rings is 1. The minimum Gasteiger partial charge on any atom is -0.330 e. The molecule has 2 aromatic rings. The molecule has 0 bridgehead atoms. The highest BCUT2D eigenvalue weighted by molar-refractivity contribution is 6.33. The molecule has 0 radical (unpaired) electrons. The Kier molecular flexibility index (Phi) is 2.92. The van der Waals surface area contributed by atoms with E-state index in [1.54, 1.807) is 30.1 Å². The van der Waals surface area contributed by atoms with Crippen molar-refractivity contribution in [2.24, 2.45) is 7.05 Å². The van der Waals surface area contributed by atoms with Crippen LogP contribution in [0.15, 0.2) is 36.8 Å². The standard InChI is InChI=1S/C11H10ClN3O/c1-15-7-13-6-10(15)11(16)14-9-5-3-2-4-8(9)12/h2-7H,1H3,(H,14,16). The smallest absolute Gasteiger partial charge is 0.273 e. The van der Waals surface area contributed by atoms with Crippen molar-refractivity contribution in [2.75, 3.05) is 5.32 Å². The van der Waals surface area contributed by atoms with Gasteiger partial charge in [0.15, 0.2) is 0 Å². The molecular formula is C11H10ClN3O. The SMILES string of the molecule is Cn1cncc1C(=O)Nc1ccccc1Cl. The molecule has 0 spiro atoms. The Bertz CT molecular complexity index is 521. The minimum atomic E-state index is -0.229. The molecule has 0 atom stereocenters. The predicted molar refractivity (Wildman–Crippen MR) is 62.6 cm³/mol. The van der Waals surface area contributed by atoms with Gasteiger partial charge in [-0.05, 0) is 12.1 Å². The number of anilines is 1. The molecule has 1 aromatic heterocycles. The van der Waals surface area contributed by atoms with E-state index in [1.807, 2.05) is 12.1 Å². The van der Waals surface area contributed by atoms with Crippen LogP contribution in [0, 0.1) is 0 Å². The molecule has 0 aliphatic carbocycles. The summed E-state index contributed by atoms with van der Waals surface area (Å²) in [5.41, 5.74) is 1.08. The van der Waals surface area contributed by atoms with Crippen LogP contribution in [0.25, 0.3) is 0 Å². The van der Waals surface area contributed by atoms with Crippen LogP contribution >= 0.6 is 11.6 Å². The number of nitrogens with one attached hydrogen (secondary N) is 1. The molecule has 0 aliphatic rings. The highest BCUT2D eigenvalue weighted by atomic mass is 35.5. The van der Waals surface area contributed by atoms with E-state index in [-0.39, 0.29) is 5.91 Å². The van der Waals surface area contributed by atoms with Crippen molar-refractivity contribution in [3.8, 4) is 0 Å². The van der Waals surface area contributed by atoms with Crippen molar-refractivity contribution < 1.29 is 4.79 Å². The average molecular weight is 236 g/mol. The van der Waals surface area contributed by atoms with Crippen molar-refractivity contribution >= 4 is 23.2 Å². The van der Waals surface area contributed by atoms with Gasteiger partial charge in [0.25, 0.3) is 5.91 Å². The third-order valence-electron chi connectivity index (χ3n) is 2.17. The second-order valence-corrected chi connectivity index (χ2v) is 3.73. The highest BCUT2D eigenvalue weighted by Gasteiger charge is 2.10. The summed E-state index contributed by atoms with van der Waals surface area (Å²) < 4.78 is 1.65. The van der Waals surface area contributed by atoms with E-state index in [4.69, 9.17) is 11.6 Å². The van der Waals surface area contributed by atoms with Crippen LogP contribution in [-0.2, 0) is 7.05 Å². The summed E-state index contributed by atoms with van der Waals surface area (Å²) in [7, 11) is 1.76. The largest absolute Gasteiger partial charge is 0.330 e. The van der Waals surface area contributed by atoms with Crippen LogP contribution in [-0.4, -0.2) is 15.5 Å². The number of hydrogen-bond donors (Lipinski definition) is 1. The molecule has 0 saturated heterocycles. The number of hydrogen-bond acceptors (Lipinski definition) is 2. The minimum absolute atomic E-state index is 0.229. The van der Waals surface area contributed by atoms with Crippen LogP contribution in [0.2, 0.25) is 5.02 Å². The Hall–Kier alpha value is -1.81. The van der Waals surface area contributed by atoms with E-state index in [0.29, 0.717) is 16.4 Å². The van der Waals surface area contributed by atoms with Gasteiger partial charge in [-0.1, -0.05) is 23.7 Å². The van der Waals surface area contributed by atoms with Crippen molar-refractivity contribution in [1.82, 2.24) is 9.55 Å². The van der Waals surface area contributed by atoms with Crippen LogP contribution in [0.4, 0.5) is 5.69 Å². The molecule has 1 amide bonds. The Balaban J connectivity index is 2.21. The molecule has 1 heterocycles. The quantitative estimate of drug-likeness (QED) is 0.869. The summed E-state index contributed by atoms with van der Waals surface area (Å²) in [6.07, 6.45) is 3.08. The monoisotopic (exact) mass is 235 g/mol. The third kappa shape index (κ3) is 2.06. The molecule has 1 aromatic carbocycles. The number of carbonyl (C=O) groups is 1. The van der Waals surface area contributed by atoms with Gasteiger partial charge in [-0.3, -0.25) is 4.79 Å². The summed E-state index contributed by atoms with van der Waals surface area (Å²) in [4.78, 5) is 15.7. The maximum Gasteiger partial charge on any atom is 0.273 e. The van der Waals surface area contributed by atoms with Gasteiger partial charge in [0, 0.05) is 7.05 Å². The van der Waals surface area contributed by atoms with E-state index < -0.39 is 0 Å². The Morgan fingerprint density at radius 2 is 2.19 bits per heavy atom. The van der Waals surface area contributed by atoms with Gasteiger partial charge in [-0.15, -0.1) is 0 Å². The first-order valence-electron chi connectivity index (χ1n) is 4.70. The van der Waals surface area contributed by atoms with E-state index in [1.165, 1.54) is 6.20 Å². The zero-order valence-electron chi connectivity index (χ0n) is 8.64. The van der Waals surface area contributed by atoms with Gasteiger partial charge in [-0.2, -0.15) is 0 Å². The zero-order valence-corrected chi connectivity index (χ0v) is 9.40. The lowest BCUT2D eigenvalue weighted by Gasteiger charge is -2.06. The first kappa shape index (κ1) is 10.7. The Morgan fingerprint density at radius 3 is 2.81 bits per heavy atom. The molecule has 1 N–H and O–H groups in total. The molecule has 0 fully saturated rings. The second kappa shape index (κ2) is 4.37. The predicted octanol–water partition coefficient (Wildman–Crippen LogP) is 2.33. The lowest BCUT2D eigenvalue weighted by molar-refractivity contribution is 0.101. The number of amides is 1. The van der Waals surface area contributed by atoms with Gasteiger partial charge in [0.1, 0.15) is 5.69 Å². The average Bonchev–Trinajstić information content (AvgIpc) is 2.68. The normalized spacial score (nSPS) is 10.1. The lowest BCUT2D eigenvalue weighted by Crippen LogP contribution is -2.15. The van der Waals surface area contributed by atoms with Crippen LogP contribution < -0.4 is 5.32 Å². The number of carbonyl (C=O) groups excluding carboxylic acids is 1. The fourth-order valence-corrected chi connectivity index (χ4v) is 1.51. The van der Waals surface area contributed by atoms with Crippen molar-refractivity contribution in [3.63, 3.8) is 0 Å². The highest BCUT2D eigenvalue weighted by Crippen LogP contribution is 2.20. The summed E-state index contributed by atoms with van der Waals surface area (Å²) >= 11 is 5.93. The molecular weight excluding hydrogens is 226 g/mol. The van der Waals surface area contributed by atoms with Crippen molar-refractivity contribution in [2.45, 2.75) is 0 Å². The topological polar surface area (TPSA) is 46.9 Å². The van der Waals surface area contributed by atoms with Gasteiger partial charge in [-0.25, -0.2) is 4.98 Å². The molecule has 5 heteroatoms. The van der Waals surface area contributed by atoms with Crippen LogP contribution in [0.1, 0.15) is 10.5 Å². The molecule has 0 saturated carbocycles. The first-order valence-corrected chi connectivity index (χ1v) is 5.08. The Morgan fingerprint density at radius 1 is 1.44 bits per heavy atom. The number of aromatic nitrogens is 2. The maximum atomic E-state index is 11.8. The fraction of sp³-hybridized carbons (Fsp3) is 0.0909. The maximum absolute atomic E-state index is 11.8. The van der Waals surface area contributed by atoms with Crippen molar-refractivity contribution in [3.05, 3.63) is 47.5 Å². The second-order valence-electron chi connectivity index (χ2n) is 3.32. The lowest BCUT2D eigenvalue weighted by atomic mass is 10.3. The van der Waals surface area contributed by atoms with Crippen LogP contribution in [0.3, 0.4) is 0 Å². The van der Waals surface area contributed by atoms with E-state index in [9.17, 15) is 4.79 Å². The summed E-state index contributed by atoms with van der Waals surface area (Å²) in [5.74, 6) is -0.229. The third-order valence-corrected chi connectivity index (χ3v) is 2.50. The molecule has 82 valence electrons. The van der Waals surface area contributed by atoms with Gasteiger partial charge in [0.2, 0.25) is 0 Å². The number of para-hydroxylation sites is 1. The number of aryl methyl sites for hydroxylation is 1. The van der Waals surface area contributed by atoms with Crippen molar-refractivity contribution in [1.29, 1.82) is 0 Å². The van der Waals surface area contributed by atoms with E-state index in [2.05, 4.69) is 10.3 Å². The molecule has 0 aliphatic heterocycles. The summed E-state index contributed by atoms with van der Waals surface area (Å²) in [6, 6.07) is 7.09. The number of nitrogens with zero attached hydrogens (tertiary/aromatic N) is 2. The van der Waals surface area contributed by atoms with E-state index >= 15 is 0 Å². The van der Waals surface area contributed by atoms with Gasteiger partial charge in [0.05, 0.1) is 23.2 Å². The fourth-order valence-electron chi connectivity index (χ4n) is 1.32. The van der Waals surface area contributed by atoms with E-state index in [0.717, 1.165) is 0 Å². The number of imidazole rings is 1. The number of halogens is 1. The summed E-state index contributed by atoms with van der Waals surface area (Å²) in [6.45, 7) is 0.